The van der Waals surface area contributed by atoms with E-state index in [1.807, 2.05) is 25.1 Å². The zero-order chi connectivity index (χ0) is 11.8. The molecule has 1 heterocycles. The minimum Gasteiger partial charge on any atom is -0.357 e. The van der Waals surface area contributed by atoms with Crippen LogP contribution in [0.3, 0.4) is 0 Å². The molecule has 16 heavy (non-hydrogen) atoms. The maximum absolute atomic E-state index is 5.95. The third kappa shape index (κ3) is 2.41. The molecule has 0 radical (unpaired) electrons. The molecular weight excluding hydrogens is 245 g/mol. The van der Waals surface area contributed by atoms with Crippen LogP contribution >= 0.6 is 23.2 Å². The minimum absolute atomic E-state index is 0.181. The molecule has 0 bridgehead atoms. The van der Waals surface area contributed by atoms with Crippen molar-refractivity contribution in [1.29, 1.82) is 0 Å². The highest BCUT2D eigenvalue weighted by molar-refractivity contribution is 6.34. The summed E-state index contributed by atoms with van der Waals surface area (Å²) in [6.07, 6.45) is 1.67. The Balaban J connectivity index is 2.23. The fraction of sp³-hybridized carbons (Fsp3) is 0.333. The third-order valence-corrected chi connectivity index (χ3v) is 3.09. The Bertz CT molecular complexity index is 401. The highest BCUT2D eigenvalue weighted by atomic mass is 35.5. The van der Waals surface area contributed by atoms with Crippen molar-refractivity contribution in [1.82, 2.24) is 5.32 Å². The molecule has 2 atom stereocenters. The molecule has 1 aromatic rings. The van der Waals surface area contributed by atoms with Crippen LogP contribution in [0.5, 0.6) is 0 Å². The second kappa shape index (κ2) is 4.38. The molecule has 2 nitrogen and oxygen atoms in total. The lowest BCUT2D eigenvalue weighted by Gasteiger charge is -2.18. The fourth-order valence-corrected chi connectivity index (χ4v) is 2.21. The summed E-state index contributed by atoms with van der Waals surface area (Å²) in [5, 5.41) is 4.55. The van der Waals surface area contributed by atoms with Crippen molar-refractivity contribution in [2.75, 3.05) is 6.61 Å². The van der Waals surface area contributed by atoms with E-state index in [9.17, 15) is 0 Å². The Morgan fingerprint density at radius 3 is 2.56 bits per heavy atom. The minimum atomic E-state index is -0.195. The first-order valence-electron chi connectivity index (χ1n) is 5.01. The van der Waals surface area contributed by atoms with Gasteiger partial charge in [0.2, 0.25) is 0 Å². The Hall–Kier alpha value is -0.540. The first-order chi connectivity index (χ1) is 7.52. The van der Waals surface area contributed by atoms with Gasteiger partial charge in [-0.3, -0.25) is 5.32 Å². The third-order valence-electron chi connectivity index (χ3n) is 2.65. The number of hydrogen-bond donors (Lipinski definition) is 1. The van der Waals surface area contributed by atoms with Crippen LogP contribution in [0.2, 0.25) is 10.0 Å². The van der Waals surface area contributed by atoms with E-state index in [1.54, 1.807) is 6.07 Å². The molecule has 0 aromatic heterocycles. The molecule has 0 saturated carbocycles. The molecule has 1 aliphatic heterocycles. The normalized spacial score (nSPS) is 29.3. The molecular formula is C12H13Cl2NO. The lowest BCUT2D eigenvalue weighted by atomic mass is 10.1. The molecule has 1 N–H and O–H groups in total. The Morgan fingerprint density at radius 1 is 1.44 bits per heavy atom. The molecule has 0 amide bonds. The van der Waals surface area contributed by atoms with E-state index in [1.165, 1.54) is 0 Å². The van der Waals surface area contributed by atoms with Crippen LogP contribution in [-0.2, 0) is 4.74 Å². The Labute approximate surface area is 105 Å². The van der Waals surface area contributed by atoms with Crippen LogP contribution in [-0.4, -0.2) is 12.1 Å². The quantitative estimate of drug-likeness (QED) is 0.819. The number of ether oxygens (including phenoxy) is 1. The van der Waals surface area contributed by atoms with Gasteiger partial charge in [-0.15, -0.1) is 6.58 Å². The number of halogens is 2. The van der Waals surface area contributed by atoms with Gasteiger partial charge in [-0.05, 0) is 30.7 Å². The summed E-state index contributed by atoms with van der Waals surface area (Å²) < 4.78 is 5.66. The summed E-state index contributed by atoms with van der Waals surface area (Å²) in [7, 11) is 0. The van der Waals surface area contributed by atoms with E-state index in [4.69, 9.17) is 27.9 Å². The first kappa shape index (κ1) is 11.9. The predicted octanol–water partition coefficient (Wildman–Crippen LogP) is 3.56. The summed E-state index contributed by atoms with van der Waals surface area (Å²) >= 11 is 11.9. The smallest absolute Gasteiger partial charge is 0.135 e. The maximum Gasteiger partial charge on any atom is 0.135 e. The molecule has 4 heteroatoms. The molecule has 86 valence electrons. The van der Waals surface area contributed by atoms with Crippen molar-refractivity contribution in [2.24, 2.45) is 0 Å². The number of hydrogen-bond acceptors (Lipinski definition) is 2. The summed E-state index contributed by atoms with van der Waals surface area (Å²) in [6, 6.07) is 5.40. The average Bonchev–Trinajstić information content (AvgIpc) is 2.61. The van der Waals surface area contributed by atoms with Gasteiger partial charge >= 0.3 is 0 Å². The van der Waals surface area contributed by atoms with E-state index in [-0.39, 0.29) is 11.8 Å². The van der Waals surface area contributed by atoms with Crippen LogP contribution in [0.15, 0.2) is 30.9 Å². The summed E-state index contributed by atoms with van der Waals surface area (Å²) in [5.74, 6) is 0. The summed E-state index contributed by atoms with van der Waals surface area (Å²) in [5.41, 5.74) is 0.738. The SMILES string of the molecule is C=CC1(C)COC(c2cc(Cl)cc(Cl)c2)N1. The van der Waals surface area contributed by atoms with Crippen molar-refractivity contribution < 1.29 is 4.74 Å². The number of nitrogens with one attached hydrogen (secondary N) is 1. The molecule has 1 saturated heterocycles. The van der Waals surface area contributed by atoms with E-state index < -0.39 is 0 Å². The second-order valence-corrected chi connectivity index (χ2v) is 5.03. The van der Waals surface area contributed by atoms with Gasteiger partial charge < -0.3 is 4.74 Å². The van der Waals surface area contributed by atoms with Crippen molar-refractivity contribution in [3.05, 3.63) is 46.5 Å². The molecule has 1 aliphatic rings. The van der Waals surface area contributed by atoms with Gasteiger partial charge in [0.1, 0.15) is 6.23 Å². The van der Waals surface area contributed by atoms with Crippen LogP contribution in [0.25, 0.3) is 0 Å². The second-order valence-electron chi connectivity index (χ2n) is 4.16. The molecule has 0 spiro atoms. The first-order valence-corrected chi connectivity index (χ1v) is 5.77. The van der Waals surface area contributed by atoms with Gasteiger partial charge in [-0.25, -0.2) is 0 Å². The van der Waals surface area contributed by atoms with Gasteiger partial charge in [0.25, 0.3) is 0 Å². The van der Waals surface area contributed by atoms with Gasteiger partial charge in [0, 0.05) is 10.0 Å². The fourth-order valence-electron chi connectivity index (χ4n) is 1.66. The van der Waals surface area contributed by atoms with E-state index in [0.29, 0.717) is 16.7 Å². The standard InChI is InChI=1S/C12H13Cl2NO/c1-3-12(2)7-16-11(15-12)8-4-9(13)6-10(14)5-8/h3-6,11,15H,1,7H2,2H3. The van der Waals surface area contributed by atoms with Crippen molar-refractivity contribution in [3.8, 4) is 0 Å². The zero-order valence-corrected chi connectivity index (χ0v) is 10.5. The Morgan fingerprint density at radius 2 is 2.06 bits per heavy atom. The van der Waals surface area contributed by atoms with Crippen LogP contribution < -0.4 is 5.32 Å². The van der Waals surface area contributed by atoms with Crippen molar-refractivity contribution in [3.63, 3.8) is 0 Å². The maximum atomic E-state index is 5.95. The molecule has 0 aliphatic carbocycles. The zero-order valence-electron chi connectivity index (χ0n) is 8.97. The largest absolute Gasteiger partial charge is 0.357 e. The van der Waals surface area contributed by atoms with Gasteiger partial charge in [0.05, 0.1) is 12.1 Å². The van der Waals surface area contributed by atoms with E-state index >= 15 is 0 Å². The van der Waals surface area contributed by atoms with Crippen LogP contribution in [0, 0.1) is 0 Å². The highest BCUT2D eigenvalue weighted by Gasteiger charge is 2.33. The van der Waals surface area contributed by atoms with Crippen LogP contribution in [0.1, 0.15) is 18.7 Å². The predicted molar refractivity (Wildman–Crippen MR) is 66.9 cm³/mol. The molecule has 2 unspecified atom stereocenters. The monoisotopic (exact) mass is 257 g/mol. The number of benzene rings is 1. The topological polar surface area (TPSA) is 21.3 Å². The number of rotatable bonds is 2. The lowest BCUT2D eigenvalue weighted by molar-refractivity contribution is 0.0996. The average molecular weight is 258 g/mol. The lowest BCUT2D eigenvalue weighted by Crippen LogP contribution is -2.37. The highest BCUT2D eigenvalue weighted by Crippen LogP contribution is 2.30. The van der Waals surface area contributed by atoms with Gasteiger partial charge in [-0.1, -0.05) is 29.3 Å². The van der Waals surface area contributed by atoms with Crippen molar-refractivity contribution in [2.45, 2.75) is 18.7 Å². The van der Waals surface area contributed by atoms with Crippen molar-refractivity contribution >= 4 is 23.2 Å². The Kier molecular flexibility index (Phi) is 3.27. The molecule has 2 rings (SSSR count). The molecule has 1 aromatic carbocycles. The van der Waals surface area contributed by atoms with E-state index in [2.05, 4.69) is 11.9 Å². The summed E-state index contributed by atoms with van der Waals surface area (Å²) in [4.78, 5) is 0. The van der Waals surface area contributed by atoms with Gasteiger partial charge in [0.15, 0.2) is 0 Å². The molecule has 1 fully saturated rings. The summed E-state index contributed by atoms with van der Waals surface area (Å²) in [6.45, 7) is 6.41. The van der Waals surface area contributed by atoms with E-state index in [0.717, 1.165) is 5.56 Å². The van der Waals surface area contributed by atoms with Gasteiger partial charge in [-0.2, -0.15) is 0 Å². The van der Waals surface area contributed by atoms with Crippen LogP contribution in [0.4, 0.5) is 0 Å².